The Morgan fingerprint density at radius 2 is 1.49 bits per heavy atom. The van der Waals surface area contributed by atoms with Crippen LogP contribution in [0.15, 0.2) is 84.9 Å². The second kappa shape index (κ2) is 17.3. The lowest BCUT2D eigenvalue weighted by Crippen LogP contribution is -2.26. The van der Waals surface area contributed by atoms with Crippen LogP contribution in [-0.4, -0.2) is 47.6 Å². The first-order valence-corrected chi connectivity index (χ1v) is 15.2. The van der Waals surface area contributed by atoms with E-state index in [1.54, 1.807) is 24.3 Å². The first kappa shape index (κ1) is 32.0. The average molecular weight is 586 g/mol. The minimum absolute atomic E-state index is 0.0212. The molecule has 0 aliphatic carbocycles. The van der Waals surface area contributed by atoms with Gasteiger partial charge in [0.05, 0.1) is 6.61 Å². The third-order valence-corrected chi connectivity index (χ3v) is 7.58. The molecule has 228 valence electrons. The lowest BCUT2D eigenvalue weighted by atomic mass is 10.0. The van der Waals surface area contributed by atoms with Gasteiger partial charge in [0.2, 0.25) is 0 Å². The maximum absolute atomic E-state index is 13.3. The molecule has 4 rings (SSSR count). The van der Waals surface area contributed by atoms with Gasteiger partial charge in [0.15, 0.2) is 0 Å². The summed E-state index contributed by atoms with van der Waals surface area (Å²) in [6, 6.07) is 25.9. The van der Waals surface area contributed by atoms with Crippen molar-refractivity contribution in [3.05, 3.63) is 107 Å². The van der Waals surface area contributed by atoms with Crippen LogP contribution in [0.2, 0.25) is 0 Å². The number of hydrogen-bond donors (Lipinski definition) is 4. The first-order valence-electron chi connectivity index (χ1n) is 15.2. The highest BCUT2D eigenvalue weighted by Gasteiger charge is 2.23. The number of unbranched alkanes of at least 4 members (excludes halogenated alkanes) is 4. The number of phenolic OH excluding ortho intramolecular Hbond substituents is 1. The molecule has 0 aromatic heterocycles. The number of carbonyl (C=O) groups is 1. The summed E-state index contributed by atoms with van der Waals surface area (Å²) in [5.41, 5.74) is 2.48. The minimum atomic E-state index is -0.688. The third kappa shape index (κ3) is 9.82. The Balaban J connectivity index is 1.21. The number of phenols is 2. The van der Waals surface area contributed by atoms with Gasteiger partial charge in [0, 0.05) is 25.3 Å². The number of benzene rings is 4. The van der Waals surface area contributed by atoms with Crippen LogP contribution < -0.4 is 5.32 Å². The Kier molecular flexibility index (Phi) is 12.9. The molecule has 4 aromatic rings. The molecule has 0 aliphatic heterocycles. The van der Waals surface area contributed by atoms with Gasteiger partial charge in [-0.3, -0.25) is 0 Å². The van der Waals surface area contributed by atoms with Crippen LogP contribution in [0.5, 0.6) is 11.5 Å². The van der Waals surface area contributed by atoms with Crippen molar-refractivity contribution >= 4 is 16.7 Å². The van der Waals surface area contributed by atoms with Crippen molar-refractivity contribution in [2.75, 3.05) is 26.3 Å². The van der Waals surface area contributed by atoms with Gasteiger partial charge >= 0.3 is 5.97 Å². The predicted octanol–water partition coefficient (Wildman–Crippen LogP) is 6.83. The molecule has 43 heavy (non-hydrogen) atoms. The van der Waals surface area contributed by atoms with Crippen molar-refractivity contribution < 1.29 is 29.6 Å². The summed E-state index contributed by atoms with van der Waals surface area (Å²) in [5, 5.41) is 35.0. The largest absolute Gasteiger partial charge is 0.508 e. The number of rotatable bonds is 18. The summed E-state index contributed by atoms with van der Waals surface area (Å²) >= 11 is 0. The smallest absolute Gasteiger partial charge is 0.343 e. The molecule has 0 spiro atoms. The zero-order valence-corrected chi connectivity index (χ0v) is 24.7. The van der Waals surface area contributed by atoms with E-state index in [0.29, 0.717) is 23.1 Å². The minimum Gasteiger partial charge on any atom is -0.508 e. The highest BCUT2D eigenvalue weighted by molar-refractivity contribution is 6.07. The fourth-order valence-corrected chi connectivity index (χ4v) is 5.14. The molecule has 0 fully saturated rings. The monoisotopic (exact) mass is 585 g/mol. The molecule has 0 saturated carbocycles. The van der Waals surface area contributed by atoms with E-state index in [4.69, 9.17) is 9.47 Å². The molecule has 1 atom stereocenters. The highest BCUT2D eigenvalue weighted by atomic mass is 16.5. The molecule has 7 heteroatoms. The Hall–Kier alpha value is -3.91. The van der Waals surface area contributed by atoms with Crippen LogP contribution in [0.1, 0.15) is 71.7 Å². The maximum atomic E-state index is 13.3. The van der Waals surface area contributed by atoms with E-state index in [1.807, 2.05) is 24.3 Å². The highest BCUT2D eigenvalue weighted by Crippen LogP contribution is 2.31. The van der Waals surface area contributed by atoms with Crippen molar-refractivity contribution in [2.24, 2.45) is 0 Å². The standard InChI is InChI=1S/C36H43NO6/c38-26-30-24-29(18-19-32(30)39)34(43-36(41)35-31-16-7-6-15-28(31)17-20-33(35)40)25-37-21-9-1-2-10-22-42-23-11-8-14-27-12-4-3-5-13-27/h3-7,12-13,15-20,24,34,37-40H,1-2,8-11,14,21-23,25-26H2. The molecule has 0 bridgehead atoms. The van der Waals surface area contributed by atoms with Crippen molar-refractivity contribution in [3.63, 3.8) is 0 Å². The van der Waals surface area contributed by atoms with Crippen molar-refractivity contribution in [3.8, 4) is 11.5 Å². The van der Waals surface area contributed by atoms with Gasteiger partial charge < -0.3 is 30.1 Å². The van der Waals surface area contributed by atoms with E-state index in [0.717, 1.165) is 70.1 Å². The SMILES string of the molecule is O=C(OC(CNCCCCCCOCCCCc1ccccc1)c1ccc(O)c(CO)c1)c1c(O)ccc2ccccc12. The van der Waals surface area contributed by atoms with Crippen LogP contribution in [0.25, 0.3) is 10.8 Å². The summed E-state index contributed by atoms with van der Waals surface area (Å²) in [7, 11) is 0. The van der Waals surface area contributed by atoms with E-state index in [9.17, 15) is 20.1 Å². The molecule has 0 saturated heterocycles. The Morgan fingerprint density at radius 1 is 0.767 bits per heavy atom. The van der Waals surface area contributed by atoms with Crippen molar-refractivity contribution in [2.45, 2.75) is 57.7 Å². The second-order valence-corrected chi connectivity index (χ2v) is 10.8. The number of carbonyl (C=O) groups excluding carboxylic acids is 1. The van der Waals surface area contributed by atoms with E-state index < -0.39 is 12.1 Å². The van der Waals surface area contributed by atoms with Gasteiger partial charge in [-0.25, -0.2) is 4.79 Å². The van der Waals surface area contributed by atoms with Crippen LogP contribution in [0.3, 0.4) is 0 Å². The van der Waals surface area contributed by atoms with E-state index in [1.165, 1.54) is 17.7 Å². The molecule has 0 radical (unpaired) electrons. The Labute approximate surface area is 254 Å². The second-order valence-electron chi connectivity index (χ2n) is 10.8. The lowest BCUT2D eigenvalue weighted by molar-refractivity contribution is 0.0296. The number of esters is 1. The summed E-state index contributed by atoms with van der Waals surface area (Å²) in [6.45, 7) is 2.35. The van der Waals surface area contributed by atoms with Crippen molar-refractivity contribution in [1.29, 1.82) is 0 Å². The zero-order valence-electron chi connectivity index (χ0n) is 24.7. The predicted molar refractivity (Wildman–Crippen MR) is 169 cm³/mol. The fraction of sp³-hybridized carbons (Fsp3) is 0.361. The normalized spacial score (nSPS) is 11.9. The number of aromatic hydroxyl groups is 2. The molecule has 4 aromatic carbocycles. The van der Waals surface area contributed by atoms with Gasteiger partial charge in [0.25, 0.3) is 0 Å². The molecule has 0 heterocycles. The lowest BCUT2D eigenvalue weighted by Gasteiger charge is -2.21. The van der Waals surface area contributed by atoms with E-state index >= 15 is 0 Å². The molecule has 1 unspecified atom stereocenters. The van der Waals surface area contributed by atoms with Crippen LogP contribution in [0.4, 0.5) is 0 Å². The summed E-state index contributed by atoms with van der Waals surface area (Å²) in [4.78, 5) is 13.3. The zero-order chi connectivity index (χ0) is 30.3. The summed E-state index contributed by atoms with van der Waals surface area (Å²) < 4.78 is 11.7. The van der Waals surface area contributed by atoms with Crippen LogP contribution >= 0.6 is 0 Å². The first-order chi connectivity index (χ1) is 21.1. The van der Waals surface area contributed by atoms with Crippen LogP contribution in [-0.2, 0) is 22.5 Å². The molecule has 0 amide bonds. The van der Waals surface area contributed by atoms with Crippen molar-refractivity contribution in [1.82, 2.24) is 5.32 Å². The number of hydrogen-bond acceptors (Lipinski definition) is 7. The van der Waals surface area contributed by atoms with Crippen LogP contribution in [0, 0.1) is 0 Å². The maximum Gasteiger partial charge on any atom is 0.343 e. The molecule has 4 N–H and O–H groups in total. The molecular formula is C36H43NO6. The van der Waals surface area contributed by atoms with Gasteiger partial charge in [-0.15, -0.1) is 0 Å². The van der Waals surface area contributed by atoms with E-state index in [2.05, 4.69) is 29.6 Å². The number of aliphatic hydroxyl groups excluding tert-OH is 1. The van der Waals surface area contributed by atoms with Gasteiger partial charge in [-0.05, 0) is 78.7 Å². The van der Waals surface area contributed by atoms with Gasteiger partial charge in [-0.1, -0.05) is 79.6 Å². The molecular weight excluding hydrogens is 542 g/mol. The fourth-order valence-electron chi connectivity index (χ4n) is 5.14. The molecule has 7 nitrogen and oxygen atoms in total. The van der Waals surface area contributed by atoms with E-state index in [-0.39, 0.29) is 23.7 Å². The number of fused-ring (bicyclic) bond motifs is 1. The Morgan fingerprint density at radius 3 is 2.30 bits per heavy atom. The Bertz CT molecular complexity index is 1420. The van der Waals surface area contributed by atoms with Gasteiger partial charge in [-0.2, -0.15) is 0 Å². The summed E-state index contributed by atoms with van der Waals surface area (Å²) in [6.07, 6.45) is 6.77. The summed E-state index contributed by atoms with van der Waals surface area (Å²) in [5.74, 6) is -0.805. The van der Waals surface area contributed by atoms with Gasteiger partial charge in [0.1, 0.15) is 23.2 Å². The third-order valence-electron chi connectivity index (χ3n) is 7.58. The number of nitrogens with one attached hydrogen (secondary N) is 1. The topological polar surface area (TPSA) is 108 Å². The average Bonchev–Trinajstić information content (AvgIpc) is 3.03. The quantitative estimate of drug-likeness (QED) is 0.0749. The number of aryl methyl sites for hydroxylation is 1. The number of aliphatic hydroxyl groups is 1. The molecule has 0 aliphatic rings. The number of ether oxygens (including phenoxy) is 2.